The molecular weight excluding hydrogens is 625 g/mol. The number of aromatic nitrogens is 1. The van der Waals surface area contributed by atoms with Crippen LogP contribution in [0.4, 0.5) is 14.0 Å². The predicted molar refractivity (Wildman–Crippen MR) is 178 cm³/mol. The molecule has 47 heavy (non-hydrogen) atoms. The molecule has 1 unspecified atom stereocenters. The molecule has 3 aromatic heterocycles. The summed E-state index contributed by atoms with van der Waals surface area (Å²) in [7, 11) is 0. The number of halogens is 1. The number of amides is 2. The molecule has 1 fully saturated rings. The molecule has 12 heteroatoms. The lowest BCUT2D eigenvalue weighted by Gasteiger charge is -2.45. The largest absolute Gasteiger partial charge is 0.462 e. The van der Waals surface area contributed by atoms with Gasteiger partial charge in [0.15, 0.2) is 0 Å². The first kappa shape index (κ1) is 34.4. The highest BCUT2D eigenvalue weighted by Gasteiger charge is 2.46. The van der Waals surface area contributed by atoms with Crippen LogP contribution in [0.5, 0.6) is 0 Å². The van der Waals surface area contributed by atoms with E-state index in [0.29, 0.717) is 21.5 Å². The molecule has 2 amide bonds. The van der Waals surface area contributed by atoms with Crippen LogP contribution in [-0.2, 0) is 19.7 Å². The van der Waals surface area contributed by atoms with Crippen molar-refractivity contribution in [3.8, 4) is 10.4 Å². The molecule has 0 spiro atoms. The van der Waals surface area contributed by atoms with Crippen molar-refractivity contribution in [3.05, 3.63) is 61.6 Å². The summed E-state index contributed by atoms with van der Waals surface area (Å²) in [4.78, 5) is 55.6. The van der Waals surface area contributed by atoms with E-state index in [4.69, 9.17) is 14.2 Å². The zero-order valence-electron chi connectivity index (χ0n) is 28.8. The van der Waals surface area contributed by atoms with Crippen LogP contribution in [0.3, 0.4) is 0 Å². The van der Waals surface area contributed by atoms with Crippen LogP contribution < -0.4 is 10.9 Å². The van der Waals surface area contributed by atoms with Crippen LogP contribution >= 0.6 is 11.3 Å². The Balaban J connectivity index is 1.68. The molecule has 1 atom stereocenters. The molecule has 0 saturated heterocycles. The SMILES string of the molecule is CCOC(=O)c1cc(C2CC2)c2c(C)c(-c3cc4c(s3)C(C)(C)N(C(=O)OC(C)(C)C)CC4NC(=O)OC(C)(C)C)c(F)cn2c1=O. The maximum absolute atomic E-state index is 16.3. The quantitative estimate of drug-likeness (QED) is 0.220. The summed E-state index contributed by atoms with van der Waals surface area (Å²) in [6.45, 7) is 18.1. The molecule has 254 valence electrons. The summed E-state index contributed by atoms with van der Waals surface area (Å²) in [5, 5.41) is 2.92. The maximum atomic E-state index is 16.3. The average molecular weight is 670 g/mol. The Morgan fingerprint density at radius 2 is 1.68 bits per heavy atom. The normalized spacial score (nSPS) is 17.7. The molecule has 0 radical (unpaired) electrons. The molecule has 4 heterocycles. The molecule has 5 rings (SSSR count). The number of esters is 1. The number of pyridine rings is 2. The summed E-state index contributed by atoms with van der Waals surface area (Å²) < 4.78 is 33.9. The fraction of sp³-hybridized carbons (Fsp3) is 0.543. The van der Waals surface area contributed by atoms with Crippen molar-refractivity contribution in [2.75, 3.05) is 13.2 Å². The van der Waals surface area contributed by atoms with Crippen molar-refractivity contribution in [1.29, 1.82) is 0 Å². The van der Waals surface area contributed by atoms with Gasteiger partial charge in [0.2, 0.25) is 0 Å². The van der Waals surface area contributed by atoms with Crippen molar-refractivity contribution >= 4 is 35.0 Å². The topological polar surface area (TPSA) is 116 Å². The van der Waals surface area contributed by atoms with Crippen LogP contribution in [0.1, 0.15) is 119 Å². The van der Waals surface area contributed by atoms with Crippen molar-refractivity contribution in [1.82, 2.24) is 14.6 Å². The predicted octanol–water partition coefficient (Wildman–Crippen LogP) is 7.58. The number of hydrogen-bond acceptors (Lipinski definition) is 8. The Labute approximate surface area is 278 Å². The molecule has 1 aliphatic heterocycles. The van der Waals surface area contributed by atoms with Crippen molar-refractivity contribution < 1.29 is 33.0 Å². The summed E-state index contributed by atoms with van der Waals surface area (Å²) in [5.74, 6) is -1.24. The Hall–Kier alpha value is -3.93. The van der Waals surface area contributed by atoms with Crippen molar-refractivity contribution in [3.63, 3.8) is 0 Å². The van der Waals surface area contributed by atoms with Gasteiger partial charge in [-0.05, 0) is 117 Å². The third-order valence-corrected chi connectivity index (χ3v) is 9.75. The lowest BCUT2D eigenvalue weighted by Crippen LogP contribution is -2.54. The van der Waals surface area contributed by atoms with Crippen LogP contribution in [-0.4, -0.2) is 51.8 Å². The first-order valence-electron chi connectivity index (χ1n) is 15.9. The van der Waals surface area contributed by atoms with Gasteiger partial charge >= 0.3 is 18.2 Å². The molecular formula is C35H44FN3O7S. The first-order valence-corrected chi connectivity index (χ1v) is 16.7. The summed E-state index contributed by atoms with van der Waals surface area (Å²) >= 11 is 1.32. The van der Waals surface area contributed by atoms with Gasteiger partial charge in [-0.25, -0.2) is 18.8 Å². The maximum Gasteiger partial charge on any atom is 0.411 e. The lowest BCUT2D eigenvalue weighted by molar-refractivity contribution is -0.00548. The number of ether oxygens (including phenoxy) is 3. The smallest absolute Gasteiger partial charge is 0.411 e. The van der Waals surface area contributed by atoms with E-state index in [9.17, 15) is 19.2 Å². The number of aryl methyl sites for hydroxylation is 1. The number of hydrogen-bond donors (Lipinski definition) is 1. The third kappa shape index (κ3) is 6.75. The Morgan fingerprint density at radius 1 is 1.04 bits per heavy atom. The first-order chi connectivity index (χ1) is 21.7. The zero-order chi connectivity index (χ0) is 34.8. The van der Waals surface area contributed by atoms with Gasteiger partial charge < -0.3 is 19.5 Å². The number of nitrogens with one attached hydrogen (secondary N) is 1. The van der Waals surface area contributed by atoms with Crippen LogP contribution in [0.2, 0.25) is 0 Å². The Kier molecular flexibility index (Phi) is 8.75. The molecule has 2 aliphatic rings. The molecule has 3 aromatic rings. The second-order valence-electron chi connectivity index (χ2n) is 14.8. The highest BCUT2D eigenvalue weighted by Crippen LogP contribution is 2.49. The molecule has 1 saturated carbocycles. The number of rotatable bonds is 5. The van der Waals surface area contributed by atoms with Crippen molar-refractivity contribution in [2.24, 2.45) is 0 Å². The summed E-state index contributed by atoms with van der Waals surface area (Å²) in [5.41, 5.74) is -0.182. The monoisotopic (exact) mass is 669 g/mol. The molecule has 10 nitrogen and oxygen atoms in total. The lowest BCUT2D eigenvalue weighted by atomic mass is 9.88. The van der Waals surface area contributed by atoms with Gasteiger partial charge in [0.05, 0.1) is 23.7 Å². The number of alkyl carbamates (subject to hydrolysis) is 1. The zero-order valence-corrected chi connectivity index (χ0v) is 29.6. The molecule has 0 bridgehead atoms. The van der Waals surface area contributed by atoms with Gasteiger partial charge in [0.25, 0.3) is 5.56 Å². The van der Waals surface area contributed by atoms with Crippen LogP contribution in [0.25, 0.3) is 16.0 Å². The van der Waals surface area contributed by atoms with Gasteiger partial charge in [-0.1, -0.05) is 0 Å². The van der Waals surface area contributed by atoms with Crippen LogP contribution in [0.15, 0.2) is 23.1 Å². The third-order valence-electron chi connectivity index (χ3n) is 8.27. The van der Waals surface area contributed by atoms with E-state index >= 15 is 4.39 Å². The summed E-state index contributed by atoms with van der Waals surface area (Å²) in [6.07, 6.45) is 1.73. The van der Waals surface area contributed by atoms with E-state index in [0.717, 1.165) is 35.0 Å². The standard InChI is InChI=1S/C35H44FN3O7S/c1-11-44-30(41)22-14-20(19-12-13-19)27-18(2)26(23(36)16-38(27)29(22)40)25-15-21-24(37-31(42)45-33(3,4)5)17-39(32(43)46-34(6,7)8)35(9,10)28(21)47-25/h14-16,19,24H,11-13,17H2,1-10H3,(H,37,42). The van der Waals surface area contributed by atoms with Crippen LogP contribution in [0, 0.1) is 12.7 Å². The minimum atomic E-state index is -0.876. The van der Waals surface area contributed by atoms with E-state index in [1.54, 1.807) is 66.4 Å². The molecule has 1 N–H and O–H groups in total. The Morgan fingerprint density at radius 3 is 2.26 bits per heavy atom. The molecule has 0 aromatic carbocycles. The number of carbonyl (C=O) groups is 3. The number of thiophene rings is 1. The van der Waals surface area contributed by atoms with E-state index in [1.165, 1.54) is 15.7 Å². The number of nitrogens with zero attached hydrogens (tertiary/aromatic N) is 2. The van der Waals surface area contributed by atoms with E-state index < -0.39 is 52.3 Å². The van der Waals surface area contributed by atoms with E-state index in [2.05, 4.69) is 5.32 Å². The minimum Gasteiger partial charge on any atom is -0.462 e. The number of carbonyl (C=O) groups excluding carboxylic acids is 3. The fourth-order valence-corrected chi connectivity index (χ4v) is 7.54. The van der Waals surface area contributed by atoms with E-state index in [1.807, 2.05) is 19.9 Å². The summed E-state index contributed by atoms with van der Waals surface area (Å²) in [6, 6.07) is 2.77. The van der Waals surface area contributed by atoms with Gasteiger partial charge in [-0.15, -0.1) is 11.3 Å². The number of fused-ring (bicyclic) bond motifs is 2. The minimum absolute atomic E-state index is 0.0986. The second kappa shape index (κ2) is 11.9. The molecule has 1 aliphatic carbocycles. The highest BCUT2D eigenvalue weighted by atomic mass is 32.1. The van der Waals surface area contributed by atoms with Gasteiger partial charge in [0, 0.05) is 28.1 Å². The van der Waals surface area contributed by atoms with Crippen molar-refractivity contribution in [2.45, 2.75) is 111 Å². The second-order valence-corrected chi connectivity index (χ2v) is 15.8. The van der Waals surface area contributed by atoms with Gasteiger partial charge in [-0.2, -0.15) is 0 Å². The fourth-order valence-electron chi connectivity index (χ4n) is 6.10. The van der Waals surface area contributed by atoms with Gasteiger partial charge in [-0.3, -0.25) is 14.1 Å². The Bertz CT molecular complexity index is 1830. The van der Waals surface area contributed by atoms with E-state index in [-0.39, 0.29) is 24.6 Å². The highest BCUT2D eigenvalue weighted by molar-refractivity contribution is 7.15. The van der Waals surface area contributed by atoms with Gasteiger partial charge in [0.1, 0.15) is 22.6 Å². The average Bonchev–Trinajstić information content (AvgIpc) is 3.66.